The first-order chi connectivity index (χ1) is 16.3. The van der Waals surface area contributed by atoms with E-state index in [9.17, 15) is 5.26 Å². The number of hydrogen-bond donors (Lipinski definition) is 1. The number of nitrogens with one attached hydrogen (secondary N) is 1. The van der Waals surface area contributed by atoms with E-state index in [-0.39, 0.29) is 0 Å². The molecule has 0 bridgehead atoms. The van der Waals surface area contributed by atoms with Gasteiger partial charge in [-0.05, 0) is 48.3 Å². The van der Waals surface area contributed by atoms with Gasteiger partial charge in [0, 0.05) is 30.6 Å². The van der Waals surface area contributed by atoms with Crippen LogP contribution < -0.4 is 19.5 Å². The lowest BCUT2D eigenvalue weighted by Crippen LogP contribution is -2.27. The summed E-state index contributed by atoms with van der Waals surface area (Å²) in [6.45, 7) is 6.90. The number of nitriles is 1. The molecule has 33 heavy (non-hydrogen) atoms. The summed E-state index contributed by atoms with van der Waals surface area (Å²) in [7, 11) is 0. The molecular formula is C26H27N3O3S. The van der Waals surface area contributed by atoms with Gasteiger partial charge in [-0.2, -0.15) is 5.26 Å². The van der Waals surface area contributed by atoms with E-state index < -0.39 is 0 Å². The zero-order valence-electron chi connectivity index (χ0n) is 18.5. The quantitative estimate of drug-likeness (QED) is 0.586. The van der Waals surface area contributed by atoms with Gasteiger partial charge in [0.25, 0.3) is 0 Å². The number of hydrogen-bond acceptors (Lipinski definition) is 7. The predicted molar refractivity (Wildman–Crippen MR) is 129 cm³/mol. The minimum Gasteiger partial charge on any atom is -0.486 e. The third kappa shape index (κ3) is 5.14. The van der Waals surface area contributed by atoms with Gasteiger partial charge in [-0.3, -0.25) is 4.90 Å². The second-order valence-corrected chi connectivity index (χ2v) is 9.11. The van der Waals surface area contributed by atoms with E-state index in [0.717, 1.165) is 55.2 Å². The molecule has 1 aromatic heterocycles. The molecule has 0 saturated carbocycles. The summed E-state index contributed by atoms with van der Waals surface area (Å²) in [4.78, 5) is 2.50. The van der Waals surface area contributed by atoms with Crippen molar-refractivity contribution in [3.05, 3.63) is 64.5 Å². The lowest BCUT2D eigenvalue weighted by Gasteiger charge is -2.19. The molecule has 0 radical (unpaired) electrons. The number of ether oxygens (including phenoxy) is 3. The smallest absolute Gasteiger partial charge is 0.192 e. The maximum atomic E-state index is 9.81. The summed E-state index contributed by atoms with van der Waals surface area (Å²) in [6.07, 6.45) is 1.20. The van der Waals surface area contributed by atoms with Gasteiger partial charge in [-0.1, -0.05) is 30.3 Å². The van der Waals surface area contributed by atoms with Gasteiger partial charge in [0.15, 0.2) is 16.6 Å². The fourth-order valence-corrected chi connectivity index (χ4v) is 5.06. The monoisotopic (exact) mass is 461 g/mol. The maximum absolute atomic E-state index is 9.81. The number of fused-ring (bicyclic) bond motifs is 1. The van der Waals surface area contributed by atoms with Crippen LogP contribution in [0.5, 0.6) is 16.6 Å². The van der Waals surface area contributed by atoms with Gasteiger partial charge in [-0.25, -0.2) is 0 Å². The average molecular weight is 462 g/mol. The van der Waals surface area contributed by atoms with E-state index >= 15 is 0 Å². The average Bonchev–Trinajstić information content (AvgIpc) is 3.10. The van der Waals surface area contributed by atoms with Crippen LogP contribution >= 0.6 is 11.3 Å². The molecular weight excluding hydrogens is 434 g/mol. The van der Waals surface area contributed by atoms with Crippen LogP contribution in [0.3, 0.4) is 0 Å². The number of benzene rings is 2. The van der Waals surface area contributed by atoms with Gasteiger partial charge in [0.2, 0.25) is 0 Å². The molecule has 3 heterocycles. The summed E-state index contributed by atoms with van der Waals surface area (Å²) in [5.41, 5.74) is 4.75. The van der Waals surface area contributed by atoms with Crippen molar-refractivity contribution in [2.45, 2.75) is 19.6 Å². The zero-order chi connectivity index (χ0) is 22.5. The zero-order valence-corrected chi connectivity index (χ0v) is 19.3. The normalized spacial score (nSPS) is 16.1. The molecule has 0 unspecified atom stereocenters. The number of nitrogens with zero attached hydrogens (tertiary/aromatic N) is 2. The molecule has 1 fully saturated rings. The van der Waals surface area contributed by atoms with E-state index in [1.165, 1.54) is 23.3 Å². The molecule has 7 heteroatoms. The molecule has 0 atom stereocenters. The highest BCUT2D eigenvalue weighted by Crippen LogP contribution is 2.40. The van der Waals surface area contributed by atoms with Crippen molar-refractivity contribution >= 4 is 11.3 Å². The van der Waals surface area contributed by atoms with Crippen molar-refractivity contribution < 1.29 is 14.2 Å². The van der Waals surface area contributed by atoms with E-state index in [1.54, 1.807) is 0 Å². The van der Waals surface area contributed by atoms with Gasteiger partial charge in [-0.15, -0.1) is 11.3 Å². The van der Waals surface area contributed by atoms with E-state index in [0.29, 0.717) is 36.2 Å². The number of thiophene rings is 1. The molecule has 1 N–H and O–H groups in total. The van der Waals surface area contributed by atoms with Crippen molar-refractivity contribution in [3.8, 4) is 33.8 Å². The highest BCUT2D eigenvalue weighted by molar-refractivity contribution is 7.12. The van der Waals surface area contributed by atoms with Crippen LogP contribution in [0.2, 0.25) is 0 Å². The summed E-state index contributed by atoms with van der Waals surface area (Å²) in [5.74, 6) is 1.46. The molecule has 1 saturated heterocycles. The van der Waals surface area contributed by atoms with E-state index in [2.05, 4.69) is 40.6 Å². The Morgan fingerprint density at radius 3 is 2.67 bits per heavy atom. The van der Waals surface area contributed by atoms with Crippen molar-refractivity contribution in [1.29, 1.82) is 5.26 Å². The topological polar surface area (TPSA) is 66.8 Å². The molecule has 0 spiro atoms. The molecule has 0 aliphatic carbocycles. The summed E-state index contributed by atoms with van der Waals surface area (Å²) >= 11 is 1.45. The fourth-order valence-electron chi connectivity index (χ4n) is 4.18. The largest absolute Gasteiger partial charge is 0.486 e. The molecule has 3 aromatic rings. The molecule has 0 amide bonds. The van der Waals surface area contributed by atoms with Crippen molar-refractivity contribution in [1.82, 2.24) is 10.2 Å². The highest BCUT2D eigenvalue weighted by atomic mass is 32.1. The third-order valence-corrected chi connectivity index (χ3v) is 6.84. The molecule has 170 valence electrons. The maximum Gasteiger partial charge on any atom is 0.192 e. The summed E-state index contributed by atoms with van der Waals surface area (Å²) in [5, 5.41) is 15.9. The lowest BCUT2D eigenvalue weighted by atomic mass is 10.0. The van der Waals surface area contributed by atoms with Crippen LogP contribution in [0.25, 0.3) is 11.1 Å². The highest BCUT2D eigenvalue weighted by Gasteiger charge is 2.18. The Kier molecular flexibility index (Phi) is 6.77. The Hall–Kier alpha value is -3.05. The first kappa shape index (κ1) is 21.8. The second kappa shape index (κ2) is 10.3. The third-order valence-electron chi connectivity index (χ3n) is 5.95. The van der Waals surface area contributed by atoms with Crippen LogP contribution in [0.15, 0.2) is 47.8 Å². The molecule has 5 rings (SSSR count). The van der Waals surface area contributed by atoms with Gasteiger partial charge in [0.05, 0.1) is 0 Å². The summed E-state index contributed by atoms with van der Waals surface area (Å²) in [6, 6.07) is 16.7. The summed E-state index contributed by atoms with van der Waals surface area (Å²) < 4.78 is 17.4. The molecule has 6 nitrogen and oxygen atoms in total. The van der Waals surface area contributed by atoms with Crippen LogP contribution in [-0.4, -0.2) is 44.3 Å². The Bertz CT molecular complexity index is 1130. The SMILES string of the molecule is N#Cc1c(-c2ccc3c(c2)OCCO3)csc1OCc1ccc(CN2CCCNCC2)cc1. The van der Waals surface area contributed by atoms with Crippen LogP contribution in [-0.2, 0) is 13.2 Å². The van der Waals surface area contributed by atoms with Crippen molar-refractivity contribution in [2.24, 2.45) is 0 Å². The Morgan fingerprint density at radius 2 is 1.82 bits per heavy atom. The molecule has 2 aliphatic heterocycles. The van der Waals surface area contributed by atoms with Gasteiger partial charge < -0.3 is 19.5 Å². The standard InChI is InChI=1S/C26H27N3O3S/c27-15-22-23(21-6-7-24-25(14-21)31-13-12-30-24)18-33-26(22)32-17-20-4-2-19(3-5-20)16-29-10-1-8-28-9-11-29/h2-7,14,18,28H,1,8-13,16-17H2. The Balaban J connectivity index is 1.24. The van der Waals surface area contributed by atoms with Gasteiger partial charge >= 0.3 is 0 Å². The first-order valence-electron chi connectivity index (χ1n) is 11.4. The van der Waals surface area contributed by atoms with E-state index in [4.69, 9.17) is 14.2 Å². The van der Waals surface area contributed by atoms with Gasteiger partial charge in [0.1, 0.15) is 31.5 Å². The van der Waals surface area contributed by atoms with Crippen LogP contribution in [0.4, 0.5) is 0 Å². The van der Waals surface area contributed by atoms with Crippen molar-refractivity contribution in [2.75, 3.05) is 39.4 Å². The van der Waals surface area contributed by atoms with Crippen molar-refractivity contribution in [3.63, 3.8) is 0 Å². The molecule has 2 aromatic carbocycles. The minimum atomic E-state index is 0.434. The van der Waals surface area contributed by atoms with Crippen LogP contribution in [0.1, 0.15) is 23.1 Å². The van der Waals surface area contributed by atoms with E-state index in [1.807, 2.05) is 23.6 Å². The fraction of sp³-hybridized carbons (Fsp3) is 0.346. The first-order valence-corrected chi connectivity index (χ1v) is 12.2. The lowest BCUT2D eigenvalue weighted by molar-refractivity contribution is 0.171. The number of rotatable bonds is 6. The molecule has 2 aliphatic rings. The van der Waals surface area contributed by atoms with Crippen LogP contribution in [0, 0.1) is 11.3 Å². The Morgan fingerprint density at radius 1 is 1.00 bits per heavy atom. The predicted octanol–water partition coefficient (Wildman–Crippen LogP) is 4.43. The second-order valence-electron chi connectivity index (χ2n) is 8.27. The minimum absolute atomic E-state index is 0.434. The Labute approximate surface area is 198 Å².